The summed E-state index contributed by atoms with van der Waals surface area (Å²) < 4.78 is 5.21. The lowest BCUT2D eigenvalue weighted by molar-refractivity contribution is -0.129. The third kappa shape index (κ3) is 5.02. The number of ether oxygens (including phenoxy) is 1. The number of aryl methyl sites for hydroxylation is 1. The van der Waals surface area contributed by atoms with E-state index in [2.05, 4.69) is 34.2 Å². The molecule has 1 aliphatic rings. The molecule has 1 fully saturated rings. The van der Waals surface area contributed by atoms with Crippen LogP contribution in [-0.2, 0) is 17.8 Å². The van der Waals surface area contributed by atoms with Crippen molar-refractivity contribution in [2.24, 2.45) is 0 Å². The third-order valence-electron chi connectivity index (χ3n) is 5.25. The highest BCUT2D eigenvalue weighted by Crippen LogP contribution is 2.30. The zero-order chi connectivity index (χ0) is 20.9. The van der Waals surface area contributed by atoms with Crippen LogP contribution in [0.3, 0.4) is 0 Å². The Morgan fingerprint density at radius 3 is 2.47 bits per heavy atom. The maximum atomic E-state index is 12.9. The zero-order valence-electron chi connectivity index (χ0n) is 17.3. The number of aromatic amines is 1. The fourth-order valence-electron chi connectivity index (χ4n) is 3.28. The highest BCUT2D eigenvalue weighted by atomic mass is 32.2. The van der Waals surface area contributed by atoms with Crippen molar-refractivity contribution in [3.8, 4) is 17.1 Å². The van der Waals surface area contributed by atoms with Gasteiger partial charge >= 0.3 is 0 Å². The molecule has 4 rings (SSSR count). The second kappa shape index (κ2) is 9.34. The van der Waals surface area contributed by atoms with Gasteiger partial charge in [0.15, 0.2) is 5.82 Å². The molecule has 6 nitrogen and oxygen atoms in total. The lowest BCUT2D eigenvalue weighted by atomic mass is 10.1. The van der Waals surface area contributed by atoms with Crippen molar-refractivity contribution in [2.45, 2.75) is 43.9 Å². The number of hydrogen-bond acceptors (Lipinski definition) is 5. The number of methoxy groups -OCH3 is 1. The molecule has 7 heteroatoms. The molecule has 156 valence electrons. The molecule has 1 amide bonds. The van der Waals surface area contributed by atoms with Gasteiger partial charge < -0.3 is 9.64 Å². The Morgan fingerprint density at radius 2 is 1.83 bits per heavy atom. The average molecular weight is 423 g/mol. The van der Waals surface area contributed by atoms with Gasteiger partial charge in [0.25, 0.3) is 0 Å². The van der Waals surface area contributed by atoms with Crippen LogP contribution >= 0.6 is 11.8 Å². The molecule has 0 aliphatic heterocycles. The van der Waals surface area contributed by atoms with Crippen molar-refractivity contribution in [1.29, 1.82) is 0 Å². The first-order chi connectivity index (χ1) is 14.7. The molecular formula is C23H26N4O2S. The summed E-state index contributed by atoms with van der Waals surface area (Å²) in [6.07, 6.45) is 3.16. The molecule has 2 aromatic carbocycles. The van der Waals surface area contributed by atoms with Crippen LogP contribution in [0, 0.1) is 0 Å². The highest BCUT2D eigenvalue weighted by molar-refractivity contribution is 7.99. The van der Waals surface area contributed by atoms with E-state index in [1.807, 2.05) is 41.3 Å². The van der Waals surface area contributed by atoms with Crippen LogP contribution in [0.25, 0.3) is 11.4 Å². The van der Waals surface area contributed by atoms with Gasteiger partial charge in [0.2, 0.25) is 11.1 Å². The van der Waals surface area contributed by atoms with Gasteiger partial charge in [0, 0.05) is 18.2 Å². The number of aromatic nitrogens is 3. The van der Waals surface area contributed by atoms with Crippen molar-refractivity contribution in [2.75, 3.05) is 12.9 Å². The Labute approximate surface area is 181 Å². The minimum absolute atomic E-state index is 0.122. The van der Waals surface area contributed by atoms with Crippen LogP contribution in [0.2, 0.25) is 0 Å². The number of nitrogens with one attached hydrogen (secondary N) is 1. The summed E-state index contributed by atoms with van der Waals surface area (Å²) in [4.78, 5) is 19.4. The molecule has 0 spiro atoms. The SMILES string of the molecule is CCc1ccc(-c2nc(SCC(=O)N(Cc3ccc(OC)cc3)C3CC3)n[nH]2)cc1. The molecule has 30 heavy (non-hydrogen) atoms. The summed E-state index contributed by atoms with van der Waals surface area (Å²) >= 11 is 1.38. The van der Waals surface area contributed by atoms with E-state index in [1.54, 1.807) is 7.11 Å². The summed E-state index contributed by atoms with van der Waals surface area (Å²) in [5, 5.41) is 7.85. The summed E-state index contributed by atoms with van der Waals surface area (Å²) in [6.45, 7) is 2.76. The minimum atomic E-state index is 0.122. The van der Waals surface area contributed by atoms with Crippen molar-refractivity contribution in [3.05, 3.63) is 59.7 Å². The fraction of sp³-hybridized carbons (Fsp3) is 0.348. The van der Waals surface area contributed by atoms with Crippen LogP contribution in [0.1, 0.15) is 30.9 Å². The van der Waals surface area contributed by atoms with E-state index in [-0.39, 0.29) is 5.91 Å². The molecule has 1 aliphatic carbocycles. The summed E-state index contributed by atoms with van der Waals surface area (Å²) in [5.74, 6) is 2.00. The summed E-state index contributed by atoms with van der Waals surface area (Å²) in [7, 11) is 1.65. The Kier molecular flexibility index (Phi) is 6.38. The lowest BCUT2D eigenvalue weighted by Crippen LogP contribution is -2.34. The monoisotopic (exact) mass is 422 g/mol. The molecule has 3 aromatic rings. The third-order valence-corrected chi connectivity index (χ3v) is 6.08. The quantitative estimate of drug-likeness (QED) is 0.520. The smallest absolute Gasteiger partial charge is 0.233 e. The van der Waals surface area contributed by atoms with E-state index in [9.17, 15) is 4.79 Å². The summed E-state index contributed by atoms with van der Waals surface area (Å²) in [6, 6.07) is 16.5. The largest absolute Gasteiger partial charge is 0.497 e. The van der Waals surface area contributed by atoms with Crippen LogP contribution in [-0.4, -0.2) is 44.9 Å². The highest BCUT2D eigenvalue weighted by Gasteiger charge is 2.32. The van der Waals surface area contributed by atoms with Crippen molar-refractivity contribution in [1.82, 2.24) is 20.1 Å². The minimum Gasteiger partial charge on any atom is -0.497 e. The van der Waals surface area contributed by atoms with E-state index in [1.165, 1.54) is 17.3 Å². The van der Waals surface area contributed by atoms with E-state index in [0.29, 0.717) is 23.5 Å². The average Bonchev–Trinajstić information content (AvgIpc) is 3.53. The van der Waals surface area contributed by atoms with Crippen molar-refractivity contribution >= 4 is 17.7 Å². The maximum Gasteiger partial charge on any atom is 0.233 e. The Hall–Kier alpha value is -2.80. The molecule has 0 bridgehead atoms. The molecule has 1 heterocycles. The zero-order valence-corrected chi connectivity index (χ0v) is 18.1. The second-order valence-electron chi connectivity index (χ2n) is 7.41. The molecule has 0 radical (unpaired) electrons. The lowest BCUT2D eigenvalue weighted by Gasteiger charge is -2.22. The molecule has 0 saturated heterocycles. The standard InChI is InChI=1S/C23H26N4O2S/c1-3-16-4-8-18(9-5-16)22-24-23(26-25-22)30-15-21(28)27(19-10-11-19)14-17-6-12-20(29-2)13-7-17/h4-9,12-13,19H,3,10-11,14-15H2,1-2H3,(H,24,25,26). The van der Waals surface area contributed by atoms with Crippen LogP contribution in [0.4, 0.5) is 0 Å². The van der Waals surface area contributed by atoms with Gasteiger partial charge in [0.05, 0.1) is 12.9 Å². The van der Waals surface area contributed by atoms with Crippen LogP contribution in [0.5, 0.6) is 5.75 Å². The predicted molar refractivity (Wildman–Crippen MR) is 118 cm³/mol. The maximum absolute atomic E-state index is 12.9. The number of H-pyrrole nitrogens is 1. The van der Waals surface area contributed by atoms with E-state index >= 15 is 0 Å². The first-order valence-electron chi connectivity index (χ1n) is 10.2. The van der Waals surface area contributed by atoms with Crippen LogP contribution in [0.15, 0.2) is 53.7 Å². The van der Waals surface area contributed by atoms with Gasteiger partial charge in [-0.2, -0.15) is 0 Å². The molecule has 1 N–H and O–H groups in total. The van der Waals surface area contributed by atoms with Crippen molar-refractivity contribution < 1.29 is 9.53 Å². The predicted octanol–water partition coefficient (Wildman–Crippen LogP) is 4.33. The molecular weight excluding hydrogens is 396 g/mol. The second-order valence-corrected chi connectivity index (χ2v) is 8.35. The number of nitrogens with zero attached hydrogens (tertiary/aromatic N) is 3. The van der Waals surface area contributed by atoms with Gasteiger partial charge in [-0.05, 0) is 42.5 Å². The van der Waals surface area contributed by atoms with Gasteiger partial charge in [-0.15, -0.1) is 5.10 Å². The van der Waals surface area contributed by atoms with E-state index < -0.39 is 0 Å². The molecule has 0 atom stereocenters. The van der Waals surface area contributed by atoms with E-state index in [0.717, 1.165) is 42.0 Å². The molecule has 1 saturated carbocycles. The van der Waals surface area contributed by atoms with Crippen LogP contribution < -0.4 is 4.74 Å². The van der Waals surface area contributed by atoms with Gasteiger partial charge in [-0.25, -0.2) is 4.98 Å². The Bertz CT molecular complexity index is 981. The summed E-state index contributed by atoms with van der Waals surface area (Å²) in [5.41, 5.74) is 3.39. The number of carbonyl (C=O) groups is 1. The molecule has 0 unspecified atom stereocenters. The normalized spacial score (nSPS) is 13.3. The first-order valence-corrected chi connectivity index (χ1v) is 11.2. The number of rotatable bonds is 9. The van der Waals surface area contributed by atoms with E-state index in [4.69, 9.17) is 4.74 Å². The number of hydrogen-bond donors (Lipinski definition) is 1. The van der Waals surface area contributed by atoms with Gasteiger partial charge in [0.1, 0.15) is 5.75 Å². The Balaban J connectivity index is 1.36. The first kappa shape index (κ1) is 20.5. The fourth-order valence-corrected chi connectivity index (χ4v) is 3.97. The van der Waals surface area contributed by atoms with Gasteiger partial charge in [-0.3, -0.25) is 9.89 Å². The number of carbonyl (C=O) groups excluding carboxylic acids is 1. The molecule has 1 aromatic heterocycles. The van der Waals surface area contributed by atoms with Gasteiger partial charge in [-0.1, -0.05) is 55.1 Å². The Morgan fingerprint density at radius 1 is 1.13 bits per heavy atom. The van der Waals surface area contributed by atoms with Crippen molar-refractivity contribution in [3.63, 3.8) is 0 Å². The number of thioether (sulfide) groups is 1. The number of benzene rings is 2. The topological polar surface area (TPSA) is 71.1 Å². The number of amides is 1.